The van der Waals surface area contributed by atoms with E-state index in [1.54, 1.807) is 18.2 Å². The average Bonchev–Trinajstić information content (AvgIpc) is 2.37. The summed E-state index contributed by atoms with van der Waals surface area (Å²) in [5.41, 5.74) is -0.0997. The monoisotopic (exact) mass is 315 g/mol. The van der Waals surface area contributed by atoms with Crippen molar-refractivity contribution in [1.82, 2.24) is 5.32 Å². The molecule has 0 spiro atoms. The molecule has 110 valence electrons. The Morgan fingerprint density at radius 1 is 1.40 bits per heavy atom. The van der Waals surface area contributed by atoms with E-state index in [4.69, 9.17) is 23.2 Å². The summed E-state index contributed by atoms with van der Waals surface area (Å²) >= 11 is 11.8. The zero-order valence-electron chi connectivity index (χ0n) is 11.5. The van der Waals surface area contributed by atoms with Crippen LogP contribution >= 0.6 is 23.2 Å². The van der Waals surface area contributed by atoms with Gasteiger partial charge in [-0.05, 0) is 37.0 Å². The first-order chi connectivity index (χ1) is 9.44. The van der Waals surface area contributed by atoms with Gasteiger partial charge < -0.3 is 10.4 Å². The summed E-state index contributed by atoms with van der Waals surface area (Å²) < 4.78 is 0. The standard InChI is InChI=1S/C15H19Cl2NO2/c1-10-3-2-4-15(8-10,9-19)18-14(20)11-5-12(16)7-13(17)6-11/h5-7,10,19H,2-4,8-9H2,1H3,(H,18,20). The van der Waals surface area contributed by atoms with Crippen molar-refractivity contribution in [2.45, 2.75) is 38.1 Å². The maximum atomic E-state index is 12.3. The lowest BCUT2D eigenvalue weighted by Crippen LogP contribution is -2.53. The predicted molar refractivity (Wildman–Crippen MR) is 81.4 cm³/mol. The van der Waals surface area contributed by atoms with Crippen LogP contribution in [0.25, 0.3) is 0 Å². The average molecular weight is 316 g/mol. The van der Waals surface area contributed by atoms with Gasteiger partial charge in [-0.25, -0.2) is 0 Å². The number of carbonyl (C=O) groups excluding carboxylic acids is 1. The molecule has 0 radical (unpaired) electrons. The Kier molecular flexibility index (Phi) is 4.95. The summed E-state index contributed by atoms with van der Waals surface area (Å²) in [7, 11) is 0. The van der Waals surface area contributed by atoms with Crippen LogP contribution in [-0.4, -0.2) is 23.2 Å². The number of nitrogens with one attached hydrogen (secondary N) is 1. The second-order valence-corrected chi connectivity index (χ2v) is 6.63. The molecular weight excluding hydrogens is 297 g/mol. The van der Waals surface area contributed by atoms with Crippen LogP contribution < -0.4 is 5.32 Å². The molecule has 0 aromatic heterocycles. The molecule has 1 aliphatic rings. The summed E-state index contributed by atoms with van der Waals surface area (Å²) in [6, 6.07) is 4.75. The van der Waals surface area contributed by atoms with E-state index >= 15 is 0 Å². The number of benzene rings is 1. The minimum Gasteiger partial charge on any atom is -0.394 e. The van der Waals surface area contributed by atoms with Gasteiger partial charge >= 0.3 is 0 Å². The third-order valence-electron chi connectivity index (χ3n) is 3.90. The Labute approximate surface area is 129 Å². The van der Waals surface area contributed by atoms with Crippen LogP contribution in [0.2, 0.25) is 10.0 Å². The van der Waals surface area contributed by atoms with E-state index in [1.807, 2.05) is 0 Å². The molecule has 0 aliphatic heterocycles. The van der Waals surface area contributed by atoms with E-state index in [0.29, 0.717) is 21.5 Å². The van der Waals surface area contributed by atoms with Crippen LogP contribution in [0.1, 0.15) is 43.0 Å². The summed E-state index contributed by atoms with van der Waals surface area (Å²) in [5.74, 6) is 0.261. The molecule has 2 N–H and O–H groups in total. The SMILES string of the molecule is CC1CCCC(CO)(NC(=O)c2cc(Cl)cc(Cl)c2)C1. The number of hydrogen-bond donors (Lipinski definition) is 2. The maximum Gasteiger partial charge on any atom is 0.251 e. The molecule has 5 heteroatoms. The van der Waals surface area contributed by atoms with Gasteiger partial charge in [0.25, 0.3) is 5.91 Å². The van der Waals surface area contributed by atoms with Gasteiger partial charge in [0.15, 0.2) is 0 Å². The molecule has 0 heterocycles. The molecule has 1 aliphatic carbocycles. The molecule has 1 aromatic carbocycles. The minimum absolute atomic E-state index is 0.0443. The van der Waals surface area contributed by atoms with Crippen molar-refractivity contribution in [3.8, 4) is 0 Å². The van der Waals surface area contributed by atoms with E-state index in [-0.39, 0.29) is 12.5 Å². The van der Waals surface area contributed by atoms with Crippen LogP contribution in [0.15, 0.2) is 18.2 Å². The van der Waals surface area contributed by atoms with Gasteiger partial charge in [-0.15, -0.1) is 0 Å². The molecule has 1 fully saturated rings. The lowest BCUT2D eigenvalue weighted by molar-refractivity contribution is 0.0697. The summed E-state index contributed by atoms with van der Waals surface area (Å²) in [6.45, 7) is 2.10. The van der Waals surface area contributed by atoms with Crippen molar-refractivity contribution >= 4 is 29.1 Å². The van der Waals surface area contributed by atoms with Crippen molar-refractivity contribution in [3.63, 3.8) is 0 Å². The van der Waals surface area contributed by atoms with Gasteiger partial charge in [-0.1, -0.05) is 43.0 Å². The van der Waals surface area contributed by atoms with Crippen LogP contribution in [0.4, 0.5) is 0 Å². The van der Waals surface area contributed by atoms with E-state index < -0.39 is 5.54 Å². The van der Waals surface area contributed by atoms with Crippen molar-refractivity contribution in [2.75, 3.05) is 6.61 Å². The zero-order valence-corrected chi connectivity index (χ0v) is 13.0. The second kappa shape index (κ2) is 6.33. The maximum absolute atomic E-state index is 12.3. The van der Waals surface area contributed by atoms with Crippen molar-refractivity contribution < 1.29 is 9.90 Å². The number of aliphatic hydroxyl groups excluding tert-OH is 1. The van der Waals surface area contributed by atoms with E-state index in [2.05, 4.69) is 12.2 Å². The molecule has 1 saturated carbocycles. The fourth-order valence-electron chi connectivity index (χ4n) is 2.95. The fraction of sp³-hybridized carbons (Fsp3) is 0.533. The summed E-state index contributed by atoms with van der Waals surface area (Å²) in [5, 5.41) is 13.5. The number of rotatable bonds is 3. The summed E-state index contributed by atoms with van der Waals surface area (Å²) in [4.78, 5) is 12.3. The lowest BCUT2D eigenvalue weighted by atomic mass is 9.76. The van der Waals surface area contributed by atoms with Gasteiger partial charge in [-0.3, -0.25) is 4.79 Å². The van der Waals surface area contributed by atoms with Gasteiger partial charge in [0.2, 0.25) is 0 Å². The normalized spacial score (nSPS) is 26.3. The van der Waals surface area contributed by atoms with Gasteiger partial charge in [-0.2, -0.15) is 0 Å². The first-order valence-corrected chi connectivity index (χ1v) is 7.59. The quantitative estimate of drug-likeness (QED) is 0.894. The van der Waals surface area contributed by atoms with Crippen LogP contribution in [0.5, 0.6) is 0 Å². The van der Waals surface area contributed by atoms with Crippen LogP contribution in [-0.2, 0) is 0 Å². The lowest BCUT2D eigenvalue weighted by Gasteiger charge is -2.39. The van der Waals surface area contributed by atoms with Crippen LogP contribution in [0, 0.1) is 5.92 Å². The minimum atomic E-state index is -0.524. The highest BCUT2D eigenvalue weighted by molar-refractivity contribution is 6.35. The number of carbonyl (C=O) groups is 1. The Morgan fingerprint density at radius 3 is 2.60 bits per heavy atom. The molecule has 3 nitrogen and oxygen atoms in total. The fourth-order valence-corrected chi connectivity index (χ4v) is 3.48. The highest BCUT2D eigenvalue weighted by atomic mass is 35.5. The van der Waals surface area contributed by atoms with E-state index in [0.717, 1.165) is 25.7 Å². The first kappa shape index (κ1) is 15.6. The topological polar surface area (TPSA) is 49.3 Å². The Balaban J connectivity index is 2.16. The largest absolute Gasteiger partial charge is 0.394 e. The van der Waals surface area contributed by atoms with Gasteiger partial charge in [0.05, 0.1) is 12.1 Å². The third kappa shape index (κ3) is 3.66. The first-order valence-electron chi connectivity index (χ1n) is 6.83. The Bertz CT molecular complexity index is 486. The second-order valence-electron chi connectivity index (χ2n) is 5.75. The molecule has 20 heavy (non-hydrogen) atoms. The molecule has 0 bridgehead atoms. The third-order valence-corrected chi connectivity index (χ3v) is 4.33. The van der Waals surface area contributed by atoms with Crippen molar-refractivity contribution in [3.05, 3.63) is 33.8 Å². The molecule has 1 aromatic rings. The summed E-state index contributed by atoms with van der Waals surface area (Å²) in [6.07, 6.45) is 3.75. The smallest absolute Gasteiger partial charge is 0.251 e. The zero-order chi connectivity index (χ0) is 14.8. The number of aliphatic hydroxyl groups is 1. The van der Waals surface area contributed by atoms with Crippen LogP contribution in [0.3, 0.4) is 0 Å². The number of halogens is 2. The van der Waals surface area contributed by atoms with E-state index in [1.165, 1.54) is 0 Å². The van der Waals surface area contributed by atoms with Crippen molar-refractivity contribution in [1.29, 1.82) is 0 Å². The van der Waals surface area contributed by atoms with Gasteiger partial charge in [0.1, 0.15) is 0 Å². The molecule has 2 rings (SSSR count). The molecule has 1 amide bonds. The van der Waals surface area contributed by atoms with Gasteiger partial charge in [0, 0.05) is 15.6 Å². The Hall–Kier alpha value is -0.770. The predicted octanol–water partition coefficient (Wildman–Crippen LogP) is 3.66. The molecule has 2 atom stereocenters. The van der Waals surface area contributed by atoms with E-state index in [9.17, 15) is 9.90 Å². The molecule has 0 saturated heterocycles. The highest BCUT2D eigenvalue weighted by Gasteiger charge is 2.36. The molecule has 2 unspecified atom stereocenters. The Morgan fingerprint density at radius 2 is 2.05 bits per heavy atom. The number of hydrogen-bond acceptors (Lipinski definition) is 2. The highest BCUT2D eigenvalue weighted by Crippen LogP contribution is 2.32. The molecular formula is C15H19Cl2NO2. The van der Waals surface area contributed by atoms with Crippen molar-refractivity contribution in [2.24, 2.45) is 5.92 Å². The number of amides is 1.